The van der Waals surface area contributed by atoms with Gasteiger partial charge in [0.25, 0.3) is 11.7 Å². The number of hydrogen-bond donors (Lipinski definition) is 1. The van der Waals surface area contributed by atoms with Crippen molar-refractivity contribution in [3.05, 3.63) is 66.1 Å². The van der Waals surface area contributed by atoms with Crippen LogP contribution in [0, 0.1) is 5.82 Å². The van der Waals surface area contributed by atoms with Crippen LogP contribution in [-0.2, 0) is 6.54 Å². The van der Waals surface area contributed by atoms with Gasteiger partial charge in [0.2, 0.25) is 5.89 Å². The lowest BCUT2D eigenvalue weighted by atomic mass is 10.2. The van der Waals surface area contributed by atoms with E-state index in [2.05, 4.69) is 20.4 Å². The molecule has 1 amide bonds. The maximum Gasteiger partial charge on any atom is 0.292 e. The number of benzene rings is 1. The topological polar surface area (TPSA) is 85.8 Å². The van der Waals surface area contributed by atoms with Crippen molar-refractivity contribution in [1.29, 1.82) is 0 Å². The van der Waals surface area contributed by atoms with Gasteiger partial charge < -0.3 is 14.4 Å². The number of carbonyl (C=O) groups is 1. The van der Waals surface area contributed by atoms with Gasteiger partial charge in [0, 0.05) is 18.9 Å². The first-order valence-corrected chi connectivity index (χ1v) is 6.97. The summed E-state index contributed by atoms with van der Waals surface area (Å²) in [6, 6.07) is 5.64. The molecule has 7 nitrogen and oxygen atoms in total. The van der Waals surface area contributed by atoms with Gasteiger partial charge in [0.05, 0.1) is 6.33 Å². The van der Waals surface area contributed by atoms with Crippen LogP contribution in [0.5, 0.6) is 0 Å². The van der Waals surface area contributed by atoms with E-state index < -0.39 is 5.91 Å². The van der Waals surface area contributed by atoms with Gasteiger partial charge >= 0.3 is 0 Å². The molecule has 1 unspecified atom stereocenters. The molecule has 8 heteroatoms. The molecule has 0 aliphatic rings. The molecule has 0 aliphatic carbocycles. The van der Waals surface area contributed by atoms with E-state index in [-0.39, 0.29) is 24.2 Å². The highest BCUT2D eigenvalue weighted by atomic mass is 19.1. The van der Waals surface area contributed by atoms with E-state index in [1.165, 1.54) is 12.1 Å². The molecule has 0 fully saturated rings. The molecular weight excluding hydrogens is 301 g/mol. The van der Waals surface area contributed by atoms with E-state index in [1.54, 1.807) is 35.4 Å². The number of halogens is 1. The summed E-state index contributed by atoms with van der Waals surface area (Å²) in [5.41, 5.74) is 0.773. The van der Waals surface area contributed by atoms with Crippen LogP contribution in [0.3, 0.4) is 0 Å². The van der Waals surface area contributed by atoms with Crippen LogP contribution in [0.15, 0.2) is 47.5 Å². The first-order valence-electron chi connectivity index (χ1n) is 6.97. The third kappa shape index (κ3) is 3.42. The van der Waals surface area contributed by atoms with Crippen LogP contribution in [0.2, 0.25) is 0 Å². The van der Waals surface area contributed by atoms with E-state index in [9.17, 15) is 9.18 Å². The van der Waals surface area contributed by atoms with Crippen molar-refractivity contribution in [2.45, 2.75) is 19.5 Å². The number of rotatable bonds is 5. The minimum absolute atomic E-state index is 0.0472. The number of nitrogens with zero attached hydrogens (tertiary/aromatic N) is 4. The molecule has 23 heavy (non-hydrogen) atoms. The van der Waals surface area contributed by atoms with E-state index in [4.69, 9.17) is 4.52 Å². The van der Waals surface area contributed by atoms with Crippen molar-refractivity contribution in [2.24, 2.45) is 0 Å². The zero-order valence-corrected chi connectivity index (χ0v) is 12.3. The summed E-state index contributed by atoms with van der Waals surface area (Å²) in [6.45, 7) is 2.11. The molecule has 3 aromatic rings. The highest BCUT2D eigenvalue weighted by molar-refractivity contribution is 5.90. The summed E-state index contributed by atoms with van der Waals surface area (Å²) in [6.07, 6.45) is 5.04. The maximum absolute atomic E-state index is 12.8. The Hall–Kier alpha value is -3.03. The molecule has 118 valence electrons. The zero-order chi connectivity index (χ0) is 16.2. The zero-order valence-electron chi connectivity index (χ0n) is 12.3. The summed E-state index contributed by atoms with van der Waals surface area (Å²) in [5, 5.41) is 6.34. The maximum atomic E-state index is 12.8. The molecule has 1 N–H and O–H groups in total. The Labute approximate surface area is 131 Å². The summed E-state index contributed by atoms with van der Waals surface area (Å²) >= 11 is 0. The third-order valence-electron chi connectivity index (χ3n) is 3.34. The van der Waals surface area contributed by atoms with Gasteiger partial charge in [-0.05, 0) is 24.6 Å². The molecule has 0 radical (unpaired) electrons. The minimum Gasteiger partial charge on any atom is -0.345 e. The molecule has 0 bridgehead atoms. The highest BCUT2D eigenvalue weighted by Crippen LogP contribution is 2.15. The summed E-state index contributed by atoms with van der Waals surface area (Å²) in [4.78, 5) is 20.1. The average molecular weight is 315 g/mol. The van der Waals surface area contributed by atoms with Gasteiger partial charge in [-0.15, -0.1) is 0 Å². The second-order valence-electron chi connectivity index (χ2n) is 4.95. The fourth-order valence-corrected chi connectivity index (χ4v) is 1.99. The minimum atomic E-state index is -0.456. The van der Waals surface area contributed by atoms with Crippen molar-refractivity contribution in [1.82, 2.24) is 25.0 Å². The van der Waals surface area contributed by atoms with Gasteiger partial charge in [-0.1, -0.05) is 17.3 Å². The summed E-state index contributed by atoms with van der Waals surface area (Å²) in [5.74, 6) is -0.512. The molecule has 0 aliphatic heterocycles. The van der Waals surface area contributed by atoms with Crippen molar-refractivity contribution in [3.8, 4) is 0 Å². The van der Waals surface area contributed by atoms with E-state index in [0.717, 1.165) is 5.56 Å². The number of carbonyl (C=O) groups excluding carboxylic acids is 1. The fraction of sp³-hybridized carbons (Fsp3) is 0.200. The Balaban J connectivity index is 1.63. The monoisotopic (exact) mass is 315 g/mol. The standard InChI is InChI=1S/C15H14FN5O2/c1-10(21-7-6-17-9-21)15-19-13(20-23-15)14(22)18-8-11-2-4-12(16)5-3-11/h2-7,9-10H,8H2,1H3,(H,18,22). The lowest BCUT2D eigenvalue weighted by molar-refractivity contribution is 0.0937. The Kier molecular flexibility index (Phi) is 4.13. The highest BCUT2D eigenvalue weighted by Gasteiger charge is 2.19. The smallest absolute Gasteiger partial charge is 0.292 e. The molecule has 0 saturated heterocycles. The SMILES string of the molecule is CC(c1nc(C(=O)NCc2ccc(F)cc2)no1)n1ccnc1. The Morgan fingerprint density at radius 2 is 2.17 bits per heavy atom. The quantitative estimate of drug-likeness (QED) is 0.777. The van der Waals surface area contributed by atoms with Crippen LogP contribution < -0.4 is 5.32 Å². The van der Waals surface area contributed by atoms with Crippen molar-refractivity contribution in [3.63, 3.8) is 0 Å². The Bertz CT molecular complexity index is 783. The summed E-state index contributed by atoms with van der Waals surface area (Å²) in [7, 11) is 0. The normalized spacial score (nSPS) is 12.1. The first kappa shape index (κ1) is 14.9. The summed E-state index contributed by atoms with van der Waals surface area (Å²) < 4.78 is 19.7. The Morgan fingerprint density at radius 3 is 2.87 bits per heavy atom. The predicted molar refractivity (Wildman–Crippen MR) is 77.9 cm³/mol. The van der Waals surface area contributed by atoms with Gasteiger partial charge in [-0.3, -0.25) is 4.79 Å². The van der Waals surface area contributed by atoms with Gasteiger partial charge in [0.1, 0.15) is 11.9 Å². The molecular formula is C15H14FN5O2. The van der Waals surface area contributed by atoms with Crippen LogP contribution in [-0.4, -0.2) is 25.6 Å². The number of amides is 1. The predicted octanol–water partition coefficient (Wildman–Crippen LogP) is 1.94. The van der Waals surface area contributed by atoms with Crippen LogP contribution in [0.25, 0.3) is 0 Å². The lowest BCUT2D eigenvalue weighted by Crippen LogP contribution is -2.24. The molecule has 0 spiro atoms. The number of aromatic nitrogens is 4. The third-order valence-corrected chi connectivity index (χ3v) is 3.34. The largest absolute Gasteiger partial charge is 0.345 e. The first-order chi connectivity index (χ1) is 11.1. The van der Waals surface area contributed by atoms with Gasteiger partial charge in [0.15, 0.2) is 0 Å². The molecule has 0 saturated carbocycles. The number of imidazole rings is 1. The van der Waals surface area contributed by atoms with E-state index in [1.807, 2.05) is 6.92 Å². The van der Waals surface area contributed by atoms with Crippen molar-refractivity contribution >= 4 is 5.91 Å². The molecule has 2 heterocycles. The average Bonchev–Trinajstić information content (AvgIpc) is 3.25. The number of hydrogen-bond acceptors (Lipinski definition) is 5. The van der Waals surface area contributed by atoms with Gasteiger partial charge in [-0.2, -0.15) is 4.98 Å². The van der Waals surface area contributed by atoms with Crippen LogP contribution in [0.4, 0.5) is 4.39 Å². The Morgan fingerprint density at radius 1 is 1.39 bits per heavy atom. The van der Waals surface area contributed by atoms with Gasteiger partial charge in [-0.25, -0.2) is 9.37 Å². The second kappa shape index (κ2) is 6.39. The molecule has 2 aromatic heterocycles. The second-order valence-corrected chi connectivity index (χ2v) is 4.95. The van der Waals surface area contributed by atoms with Crippen LogP contribution >= 0.6 is 0 Å². The van der Waals surface area contributed by atoms with E-state index >= 15 is 0 Å². The molecule has 3 rings (SSSR count). The van der Waals surface area contributed by atoms with Crippen LogP contribution in [0.1, 0.15) is 35.0 Å². The molecule has 1 aromatic carbocycles. The molecule has 1 atom stereocenters. The van der Waals surface area contributed by atoms with Crippen molar-refractivity contribution < 1.29 is 13.7 Å². The number of nitrogens with one attached hydrogen (secondary N) is 1. The van der Waals surface area contributed by atoms with E-state index in [0.29, 0.717) is 5.89 Å². The van der Waals surface area contributed by atoms with Crippen molar-refractivity contribution in [2.75, 3.05) is 0 Å². The lowest BCUT2D eigenvalue weighted by Gasteiger charge is -2.06. The fourth-order valence-electron chi connectivity index (χ4n) is 1.99.